The van der Waals surface area contributed by atoms with Crippen LogP contribution in [0.5, 0.6) is 11.5 Å². The summed E-state index contributed by atoms with van der Waals surface area (Å²) < 4.78 is 10.3. The van der Waals surface area contributed by atoms with E-state index < -0.39 is 0 Å². The van der Waals surface area contributed by atoms with E-state index >= 15 is 0 Å². The van der Waals surface area contributed by atoms with Crippen LogP contribution in [-0.4, -0.2) is 20.1 Å². The molecular weight excluding hydrogens is 268 g/mol. The third kappa shape index (κ3) is 3.08. The Morgan fingerprint density at radius 1 is 1.14 bits per heavy atom. The third-order valence-corrected chi connectivity index (χ3v) is 3.21. The number of methoxy groups -OCH3 is 2. The van der Waals surface area contributed by atoms with Crippen LogP contribution in [0.2, 0.25) is 0 Å². The summed E-state index contributed by atoms with van der Waals surface area (Å²) in [4.78, 5) is 12.3. The van der Waals surface area contributed by atoms with Gasteiger partial charge in [-0.25, -0.2) is 0 Å². The lowest BCUT2D eigenvalue weighted by atomic mass is 10.1. The van der Waals surface area contributed by atoms with Gasteiger partial charge in [-0.3, -0.25) is 4.79 Å². The van der Waals surface area contributed by atoms with Crippen LogP contribution in [0, 0.1) is 6.92 Å². The number of nitrogens with two attached hydrogens (primary N) is 1. The third-order valence-electron chi connectivity index (χ3n) is 3.21. The van der Waals surface area contributed by atoms with Crippen molar-refractivity contribution in [2.75, 3.05) is 25.3 Å². The van der Waals surface area contributed by atoms with Crippen molar-refractivity contribution in [1.29, 1.82) is 0 Å². The van der Waals surface area contributed by atoms with Gasteiger partial charge in [0.25, 0.3) is 5.91 Å². The van der Waals surface area contributed by atoms with Crippen LogP contribution < -0.4 is 20.5 Å². The smallest absolute Gasteiger partial charge is 0.257 e. The van der Waals surface area contributed by atoms with Crippen LogP contribution in [0.15, 0.2) is 36.4 Å². The minimum Gasteiger partial charge on any atom is -0.497 e. The Kier molecular flexibility index (Phi) is 4.33. The normalized spacial score (nSPS) is 10.0. The quantitative estimate of drug-likeness (QED) is 0.848. The zero-order chi connectivity index (χ0) is 15.4. The molecule has 0 radical (unpaired) electrons. The van der Waals surface area contributed by atoms with E-state index in [1.165, 1.54) is 7.11 Å². The predicted octanol–water partition coefficient (Wildman–Crippen LogP) is 2.85. The molecule has 110 valence electrons. The fourth-order valence-electron chi connectivity index (χ4n) is 2.01. The lowest BCUT2D eigenvalue weighted by Crippen LogP contribution is -2.15. The fraction of sp³-hybridized carbons (Fsp3) is 0.188. The number of ether oxygens (including phenoxy) is 2. The minimum atomic E-state index is -0.278. The van der Waals surface area contributed by atoms with Gasteiger partial charge < -0.3 is 20.5 Å². The first kappa shape index (κ1) is 14.7. The Bertz CT molecular complexity index is 669. The Morgan fingerprint density at radius 2 is 1.90 bits per heavy atom. The van der Waals surface area contributed by atoms with E-state index in [2.05, 4.69) is 5.32 Å². The molecule has 0 heterocycles. The van der Waals surface area contributed by atoms with E-state index in [1.54, 1.807) is 37.4 Å². The van der Waals surface area contributed by atoms with Crippen LogP contribution in [0.3, 0.4) is 0 Å². The minimum absolute atomic E-state index is 0.278. The molecule has 0 bridgehead atoms. The first-order chi connectivity index (χ1) is 10.1. The molecule has 0 saturated heterocycles. The maximum absolute atomic E-state index is 12.3. The van der Waals surface area contributed by atoms with E-state index in [4.69, 9.17) is 15.2 Å². The van der Waals surface area contributed by atoms with Crippen molar-refractivity contribution >= 4 is 17.3 Å². The lowest BCUT2D eigenvalue weighted by Gasteiger charge is -2.12. The number of carbonyl (C=O) groups is 1. The highest BCUT2D eigenvalue weighted by atomic mass is 16.5. The van der Waals surface area contributed by atoms with E-state index in [9.17, 15) is 4.79 Å². The zero-order valence-corrected chi connectivity index (χ0v) is 12.3. The van der Waals surface area contributed by atoms with E-state index in [-0.39, 0.29) is 5.91 Å². The van der Waals surface area contributed by atoms with Gasteiger partial charge in [-0.15, -0.1) is 0 Å². The molecule has 0 spiro atoms. The summed E-state index contributed by atoms with van der Waals surface area (Å²) >= 11 is 0. The molecule has 2 aromatic rings. The Labute approximate surface area is 123 Å². The van der Waals surface area contributed by atoms with Gasteiger partial charge in [0.2, 0.25) is 0 Å². The van der Waals surface area contributed by atoms with Crippen molar-refractivity contribution in [3.05, 3.63) is 47.5 Å². The summed E-state index contributed by atoms with van der Waals surface area (Å²) in [6.07, 6.45) is 0. The Balaban J connectivity index is 2.26. The summed E-state index contributed by atoms with van der Waals surface area (Å²) in [7, 11) is 3.12. The second-order valence-electron chi connectivity index (χ2n) is 4.56. The number of hydrogen-bond acceptors (Lipinski definition) is 4. The molecule has 0 saturated carbocycles. The monoisotopic (exact) mass is 286 g/mol. The number of nitrogens with one attached hydrogen (secondary N) is 1. The molecule has 0 aliphatic carbocycles. The van der Waals surface area contributed by atoms with Gasteiger partial charge in [0, 0.05) is 5.69 Å². The van der Waals surface area contributed by atoms with Crippen LogP contribution in [-0.2, 0) is 0 Å². The van der Waals surface area contributed by atoms with Crippen molar-refractivity contribution in [1.82, 2.24) is 0 Å². The number of benzene rings is 2. The first-order valence-corrected chi connectivity index (χ1v) is 6.45. The summed E-state index contributed by atoms with van der Waals surface area (Å²) in [6, 6.07) is 10.5. The second-order valence-corrected chi connectivity index (χ2v) is 4.56. The van der Waals surface area contributed by atoms with Gasteiger partial charge in [0.05, 0.1) is 25.5 Å². The number of hydrogen-bond donors (Lipinski definition) is 2. The number of rotatable bonds is 4. The van der Waals surface area contributed by atoms with Crippen molar-refractivity contribution in [2.45, 2.75) is 6.92 Å². The molecule has 5 nitrogen and oxygen atoms in total. The maximum atomic E-state index is 12.3. The van der Waals surface area contributed by atoms with Crippen LogP contribution in [0.1, 0.15) is 15.9 Å². The summed E-state index contributed by atoms with van der Waals surface area (Å²) in [6.45, 7) is 1.90. The molecule has 0 atom stereocenters. The van der Waals surface area contributed by atoms with Crippen LogP contribution in [0.25, 0.3) is 0 Å². The lowest BCUT2D eigenvalue weighted by molar-refractivity contribution is 0.102. The topological polar surface area (TPSA) is 73.6 Å². The van der Waals surface area contributed by atoms with Gasteiger partial charge in [-0.2, -0.15) is 0 Å². The highest BCUT2D eigenvalue weighted by Crippen LogP contribution is 2.26. The van der Waals surface area contributed by atoms with Crippen LogP contribution in [0.4, 0.5) is 11.4 Å². The molecule has 21 heavy (non-hydrogen) atoms. The number of carbonyl (C=O) groups excluding carboxylic acids is 1. The molecule has 3 N–H and O–H groups in total. The zero-order valence-electron chi connectivity index (χ0n) is 12.3. The molecule has 2 rings (SSSR count). The molecule has 0 aliphatic rings. The largest absolute Gasteiger partial charge is 0.497 e. The molecular formula is C16H18N2O3. The average molecular weight is 286 g/mol. The number of anilines is 2. The van der Waals surface area contributed by atoms with Crippen molar-refractivity contribution in [2.24, 2.45) is 0 Å². The first-order valence-electron chi connectivity index (χ1n) is 6.45. The van der Waals surface area contributed by atoms with Crippen molar-refractivity contribution in [3.8, 4) is 11.5 Å². The molecule has 0 aliphatic heterocycles. The fourth-order valence-corrected chi connectivity index (χ4v) is 2.01. The molecule has 0 aromatic heterocycles. The molecule has 1 amide bonds. The van der Waals surface area contributed by atoms with E-state index in [0.717, 1.165) is 11.3 Å². The number of nitrogen functional groups attached to an aromatic ring is 1. The summed E-state index contributed by atoms with van der Waals surface area (Å²) in [5.41, 5.74) is 8.25. The maximum Gasteiger partial charge on any atom is 0.257 e. The molecule has 0 fully saturated rings. The molecule has 0 unspecified atom stereocenters. The Morgan fingerprint density at radius 3 is 2.52 bits per heavy atom. The van der Waals surface area contributed by atoms with E-state index in [0.29, 0.717) is 22.7 Å². The number of aryl methyl sites for hydroxylation is 1. The van der Waals surface area contributed by atoms with E-state index in [1.807, 2.05) is 13.0 Å². The average Bonchev–Trinajstić information content (AvgIpc) is 2.49. The summed E-state index contributed by atoms with van der Waals surface area (Å²) in [5, 5.41) is 2.84. The molecule has 5 heteroatoms. The standard InChI is InChI=1S/C16H18N2O3/c1-10-9-11(20-2)7-8-13(10)18-16(19)12-5-4-6-14(21-3)15(12)17/h4-9H,17H2,1-3H3,(H,18,19). The predicted molar refractivity (Wildman–Crippen MR) is 83.1 cm³/mol. The molecule has 2 aromatic carbocycles. The second kappa shape index (κ2) is 6.17. The van der Waals surface area contributed by atoms with Gasteiger partial charge >= 0.3 is 0 Å². The van der Waals surface area contributed by atoms with Crippen molar-refractivity contribution < 1.29 is 14.3 Å². The number of amides is 1. The highest BCUT2D eigenvalue weighted by molar-refractivity contribution is 6.08. The highest BCUT2D eigenvalue weighted by Gasteiger charge is 2.14. The SMILES string of the molecule is COc1ccc(NC(=O)c2cccc(OC)c2N)c(C)c1. The van der Waals surface area contributed by atoms with Gasteiger partial charge in [-0.05, 0) is 42.8 Å². The summed E-state index contributed by atoms with van der Waals surface area (Å²) in [5.74, 6) is 0.945. The van der Waals surface area contributed by atoms with Gasteiger partial charge in [0.15, 0.2) is 0 Å². The number of para-hydroxylation sites is 1. The van der Waals surface area contributed by atoms with Gasteiger partial charge in [0.1, 0.15) is 11.5 Å². The van der Waals surface area contributed by atoms with Crippen LogP contribution >= 0.6 is 0 Å². The Hall–Kier alpha value is -2.69. The van der Waals surface area contributed by atoms with Gasteiger partial charge in [-0.1, -0.05) is 6.07 Å². The van der Waals surface area contributed by atoms with Crippen molar-refractivity contribution in [3.63, 3.8) is 0 Å².